The smallest absolute Gasteiger partial charge is 0.0814 e. The van der Waals surface area contributed by atoms with Crippen LogP contribution in [-0.2, 0) is 11.3 Å². The summed E-state index contributed by atoms with van der Waals surface area (Å²) in [4.78, 5) is 1.24. The topological polar surface area (TPSA) is 9.23 Å². The molecule has 1 aromatic carbocycles. The summed E-state index contributed by atoms with van der Waals surface area (Å²) in [5, 5.41) is 0. The molecule has 2 aromatic rings. The summed E-state index contributed by atoms with van der Waals surface area (Å²) in [6, 6.07) is 14.4. The molecule has 1 nitrogen and oxygen atoms in total. The number of hydrogen-bond donors (Lipinski definition) is 0. The highest BCUT2D eigenvalue weighted by Gasteiger charge is 1.96. The molecule has 0 atom stereocenters. The highest BCUT2D eigenvalue weighted by Crippen LogP contribution is 2.22. The van der Waals surface area contributed by atoms with E-state index in [1.54, 1.807) is 11.3 Å². The first-order valence-corrected chi connectivity index (χ1v) is 6.99. The predicted octanol–water partition coefficient (Wildman–Crippen LogP) is 4.74. The molecular weight excluding hydrogens is 296 g/mol. The average Bonchev–Trinajstić information content (AvgIpc) is 2.76. The quantitative estimate of drug-likeness (QED) is 0.725. The Bertz CT molecular complexity index is 476. The molecule has 0 aliphatic carbocycles. The number of hydrogen-bond acceptors (Lipinski definition) is 2. The first kappa shape index (κ1) is 12.6. The first-order valence-electron chi connectivity index (χ1n) is 5.38. The van der Waals surface area contributed by atoms with E-state index >= 15 is 0 Å². The van der Waals surface area contributed by atoms with Crippen LogP contribution >= 0.6 is 27.3 Å². The van der Waals surface area contributed by atoms with Gasteiger partial charge in [0.2, 0.25) is 0 Å². The van der Waals surface area contributed by atoms with Crippen molar-refractivity contribution in [3.63, 3.8) is 0 Å². The Balaban J connectivity index is 1.71. The molecule has 1 aromatic heterocycles. The van der Waals surface area contributed by atoms with E-state index in [9.17, 15) is 0 Å². The Morgan fingerprint density at radius 2 is 1.94 bits per heavy atom. The number of halogens is 1. The summed E-state index contributed by atoms with van der Waals surface area (Å²) in [5.74, 6) is 0. The molecule has 0 aliphatic heterocycles. The van der Waals surface area contributed by atoms with Gasteiger partial charge < -0.3 is 4.74 Å². The van der Waals surface area contributed by atoms with Crippen molar-refractivity contribution < 1.29 is 4.74 Å². The van der Waals surface area contributed by atoms with E-state index in [-0.39, 0.29) is 0 Å². The fraction of sp³-hybridized carbons (Fsp3) is 0.143. The van der Waals surface area contributed by atoms with Gasteiger partial charge in [0.1, 0.15) is 0 Å². The molecule has 0 aliphatic rings. The number of rotatable bonds is 5. The van der Waals surface area contributed by atoms with Gasteiger partial charge in [-0.3, -0.25) is 0 Å². The van der Waals surface area contributed by atoms with Gasteiger partial charge in [-0.25, -0.2) is 0 Å². The molecule has 0 amide bonds. The monoisotopic (exact) mass is 308 g/mol. The minimum absolute atomic E-state index is 0.643. The van der Waals surface area contributed by atoms with Crippen molar-refractivity contribution in [1.82, 2.24) is 0 Å². The minimum Gasteiger partial charge on any atom is -0.372 e. The average molecular weight is 309 g/mol. The molecule has 0 saturated carbocycles. The lowest BCUT2D eigenvalue weighted by Gasteiger charge is -1.97. The highest BCUT2D eigenvalue weighted by molar-refractivity contribution is 9.11. The van der Waals surface area contributed by atoms with E-state index in [2.05, 4.69) is 40.2 Å². The molecule has 1 heterocycles. The summed E-state index contributed by atoms with van der Waals surface area (Å²) in [6.07, 6.45) is 4.11. The van der Waals surface area contributed by atoms with Crippen LogP contribution in [0.4, 0.5) is 0 Å². The molecule has 2 rings (SSSR count). The molecule has 0 radical (unpaired) electrons. The van der Waals surface area contributed by atoms with Gasteiger partial charge in [-0.2, -0.15) is 0 Å². The minimum atomic E-state index is 0.643. The molecule has 0 spiro atoms. The van der Waals surface area contributed by atoms with E-state index in [0.29, 0.717) is 13.2 Å². The molecule has 0 saturated heterocycles. The van der Waals surface area contributed by atoms with Crippen LogP contribution in [0.1, 0.15) is 10.4 Å². The first-order chi connectivity index (χ1) is 8.34. The molecule has 3 heteroatoms. The summed E-state index contributed by atoms with van der Waals surface area (Å²) < 4.78 is 6.71. The lowest BCUT2D eigenvalue weighted by molar-refractivity contribution is 0.151. The lowest BCUT2D eigenvalue weighted by atomic mass is 10.2. The second kappa shape index (κ2) is 6.74. The Kier molecular flexibility index (Phi) is 4.98. The van der Waals surface area contributed by atoms with Gasteiger partial charge in [0.25, 0.3) is 0 Å². The van der Waals surface area contributed by atoms with Gasteiger partial charge in [0.05, 0.1) is 17.0 Å². The van der Waals surface area contributed by atoms with Crippen molar-refractivity contribution in [2.75, 3.05) is 6.61 Å². The molecule has 88 valence electrons. The normalized spacial score (nSPS) is 11.1. The van der Waals surface area contributed by atoms with Crippen LogP contribution < -0.4 is 0 Å². The summed E-state index contributed by atoms with van der Waals surface area (Å²) >= 11 is 5.14. The zero-order chi connectivity index (χ0) is 11.9. The van der Waals surface area contributed by atoms with E-state index in [0.717, 1.165) is 3.79 Å². The summed E-state index contributed by atoms with van der Waals surface area (Å²) in [6.45, 7) is 1.32. The van der Waals surface area contributed by atoms with Gasteiger partial charge in [0, 0.05) is 4.88 Å². The van der Waals surface area contributed by atoms with Crippen LogP contribution in [0.5, 0.6) is 0 Å². The Morgan fingerprint density at radius 1 is 1.12 bits per heavy atom. The number of benzene rings is 1. The maximum absolute atomic E-state index is 5.56. The lowest BCUT2D eigenvalue weighted by Crippen LogP contribution is -1.89. The van der Waals surface area contributed by atoms with Gasteiger partial charge in [0.15, 0.2) is 0 Å². The zero-order valence-electron chi connectivity index (χ0n) is 9.30. The Morgan fingerprint density at radius 3 is 2.65 bits per heavy atom. The van der Waals surface area contributed by atoms with Crippen LogP contribution in [0.3, 0.4) is 0 Å². The third-order valence-corrected chi connectivity index (χ3v) is 3.79. The van der Waals surface area contributed by atoms with Crippen molar-refractivity contribution >= 4 is 33.3 Å². The Hall–Kier alpha value is -0.900. The van der Waals surface area contributed by atoms with E-state index < -0.39 is 0 Å². The van der Waals surface area contributed by atoms with Crippen LogP contribution in [-0.4, -0.2) is 6.61 Å². The fourth-order valence-electron chi connectivity index (χ4n) is 1.41. The number of ether oxygens (including phenoxy) is 1. The summed E-state index contributed by atoms with van der Waals surface area (Å²) in [5.41, 5.74) is 1.20. The molecule has 0 bridgehead atoms. The molecular formula is C14H13BrOS. The molecule has 17 heavy (non-hydrogen) atoms. The largest absolute Gasteiger partial charge is 0.372 e. The second-order valence-corrected chi connectivity index (χ2v) is 6.08. The molecule has 0 N–H and O–H groups in total. The fourth-order valence-corrected chi connectivity index (χ4v) is 2.83. The van der Waals surface area contributed by atoms with Crippen LogP contribution in [0.25, 0.3) is 6.08 Å². The predicted molar refractivity (Wildman–Crippen MR) is 77.2 cm³/mol. The van der Waals surface area contributed by atoms with Gasteiger partial charge >= 0.3 is 0 Å². The van der Waals surface area contributed by atoms with Crippen molar-refractivity contribution in [3.05, 3.63) is 62.8 Å². The second-order valence-electron chi connectivity index (χ2n) is 3.53. The third kappa shape index (κ3) is 4.46. The van der Waals surface area contributed by atoms with E-state index in [1.807, 2.05) is 30.3 Å². The molecule has 0 unspecified atom stereocenters. The van der Waals surface area contributed by atoms with Crippen LogP contribution in [0.15, 0.2) is 52.3 Å². The van der Waals surface area contributed by atoms with Crippen molar-refractivity contribution in [1.29, 1.82) is 0 Å². The maximum atomic E-state index is 5.56. The van der Waals surface area contributed by atoms with Crippen molar-refractivity contribution in [2.45, 2.75) is 6.61 Å². The standard InChI is InChI=1S/C14H13BrOS/c15-14-9-8-13(17-14)11-16-10-4-7-12-5-2-1-3-6-12/h1-9H,10-11H2. The van der Waals surface area contributed by atoms with Crippen LogP contribution in [0.2, 0.25) is 0 Å². The van der Waals surface area contributed by atoms with E-state index in [1.165, 1.54) is 10.4 Å². The Labute approximate surface area is 114 Å². The number of thiophene rings is 1. The zero-order valence-corrected chi connectivity index (χ0v) is 11.7. The maximum Gasteiger partial charge on any atom is 0.0814 e. The van der Waals surface area contributed by atoms with Crippen LogP contribution in [0, 0.1) is 0 Å². The summed E-state index contributed by atoms with van der Waals surface area (Å²) in [7, 11) is 0. The molecule has 0 fully saturated rings. The van der Waals surface area contributed by atoms with Gasteiger partial charge in [-0.05, 0) is 33.6 Å². The van der Waals surface area contributed by atoms with Gasteiger partial charge in [-0.15, -0.1) is 11.3 Å². The van der Waals surface area contributed by atoms with Crippen molar-refractivity contribution in [3.8, 4) is 0 Å². The SMILES string of the molecule is Brc1ccc(COCC=Cc2ccccc2)s1. The van der Waals surface area contributed by atoms with Crippen molar-refractivity contribution in [2.24, 2.45) is 0 Å². The van der Waals surface area contributed by atoms with Gasteiger partial charge in [-0.1, -0.05) is 42.5 Å². The van der Waals surface area contributed by atoms with E-state index in [4.69, 9.17) is 4.74 Å². The third-order valence-electron chi connectivity index (χ3n) is 2.20. The highest BCUT2D eigenvalue weighted by atomic mass is 79.9.